The molecule has 0 aliphatic carbocycles. The smallest absolute Gasteiger partial charge is 0.254 e. The maximum absolute atomic E-state index is 5.19. The summed E-state index contributed by atoms with van der Waals surface area (Å²) in [6.45, 7) is 4.04. The highest BCUT2D eigenvalue weighted by atomic mass is 16.5. The van der Waals surface area contributed by atoms with Gasteiger partial charge in [0, 0.05) is 25.1 Å². The van der Waals surface area contributed by atoms with Crippen molar-refractivity contribution in [1.29, 1.82) is 0 Å². The number of hydrogen-bond donors (Lipinski definition) is 0. The van der Waals surface area contributed by atoms with Crippen LogP contribution in [0.25, 0.3) is 5.57 Å². The molecule has 0 fully saturated rings. The van der Waals surface area contributed by atoms with Crippen molar-refractivity contribution in [1.82, 2.24) is 15.0 Å². The first kappa shape index (κ1) is 9.40. The van der Waals surface area contributed by atoms with E-state index in [1.807, 2.05) is 6.92 Å². The number of likely N-dealkylation sites (N-methyl/N-ethyl adjacent to an activating group) is 1. The summed E-state index contributed by atoms with van der Waals surface area (Å²) >= 11 is 0. The third-order valence-corrected chi connectivity index (χ3v) is 2.40. The first-order valence-electron chi connectivity index (χ1n) is 5.00. The van der Waals surface area contributed by atoms with Crippen LogP contribution in [0.15, 0.2) is 10.6 Å². The predicted molar refractivity (Wildman–Crippen MR) is 53.8 cm³/mol. The molecule has 0 aromatic carbocycles. The van der Waals surface area contributed by atoms with Gasteiger partial charge in [0.1, 0.15) is 0 Å². The monoisotopic (exact) mass is 193 g/mol. The molecule has 0 saturated carbocycles. The van der Waals surface area contributed by atoms with Crippen LogP contribution in [0.3, 0.4) is 0 Å². The van der Waals surface area contributed by atoms with Gasteiger partial charge in [-0.15, -0.1) is 0 Å². The van der Waals surface area contributed by atoms with E-state index in [1.165, 1.54) is 0 Å². The van der Waals surface area contributed by atoms with Crippen molar-refractivity contribution in [2.75, 3.05) is 20.1 Å². The highest BCUT2D eigenvalue weighted by Crippen LogP contribution is 2.18. The summed E-state index contributed by atoms with van der Waals surface area (Å²) in [4.78, 5) is 6.57. The second-order valence-corrected chi connectivity index (χ2v) is 3.63. The van der Waals surface area contributed by atoms with Gasteiger partial charge in [0.15, 0.2) is 5.82 Å². The molecule has 2 heterocycles. The number of rotatable bonds is 2. The van der Waals surface area contributed by atoms with Gasteiger partial charge in [0.25, 0.3) is 5.89 Å². The van der Waals surface area contributed by atoms with Gasteiger partial charge in [-0.3, -0.25) is 0 Å². The third kappa shape index (κ3) is 1.85. The molecule has 1 aliphatic heterocycles. The summed E-state index contributed by atoms with van der Waals surface area (Å²) in [6.07, 6.45) is 4.08. The summed E-state index contributed by atoms with van der Waals surface area (Å²) in [5.74, 6) is 1.47. The molecule has 4 nitrogen and oxygen atoms in total. The molecule has 1 aromatic rings. The second-order valence-electron chi connectivity index (χ2n) is 3.63. The zero-order chi connectivity index (χ0) is 9.97. The normalized spacial score (nSPS) is 18.3. The largest absolute Gasteiger partial charge is 0.334 e. The van der Waals surface area contributed by atoms with Crippen molar-refractivity contribution in [2.24, 2.45) is 0 Å². The molecule has 4 heteroatoms. The van der Waals surface area contributed by atoms with Gasteiger partial charge in [0.05, 0.1) is 0 Å². The number of aryl methyl sites for hydroxylation is 1. The van der Waals surface area contributed by atoms with E-state index in [9.17, 15) is 0 Å². The topological polar surface area (TPSA) is 42.2 Å². The summed E-state index contributed by atoms with van der Waals surface area (Å²) in [6, 6.07) is 0. The molecule has 1 aliphatic rings. The third-order valence-electron chi connectivity index (χ3n) is 2.40. The summed E-state index contributed by atoms with van der Waals surface area (Å²) in [5, 5.41) is 3.89. The molecule has 0 N–H and O–H groups in total. The lowest BCUT2D eigenvalue weighted by atomic mass is 10.1. The van der Waals surface area contributed by atoms with Gasteiger partial charge in [-0.05, 0) is 13.5 Å². The Morgan fingerprint density at radius 1 is 1.57 bits per heavy atom. The molecule has 14 heavy (non-hydrogen) atoms. The first-order chi connectivity index (χ1) is 6.79. The first-order valence-corrected chi connectivity index (χ1v) is 5.00. The van der Waals surface area contributed by atoms with E-state index in [0.717, 1.165) is 37.3 Å². The fourth-order valence-electron chi connectivity index (χ4n) is 1.58. The second kappa shape index (κ2) is 3.92. The Hall–Kier alpha value is -1.16. The maximum Gasteiger partial charge on any atom is 0.254 e. The van der Waals surface area contributed by atoms with Crippen LogP contribution in [0.4, 0.5) is 0 Å². The Labute approximate surface area is 83.6 Å². The molecule has 0 amide bonds. The minimum Gasteiger partial charge on any atom is -0.334 e. The van der Waals surface area contributed by atoms with Gasteiger partial charge < -0.3 is 9.42 Å². The molecular weight excluding hydrogens is 178 g/mol. The fraction of sp³-hybridized carbons (Fsp3) is 0.600. The van der Waals surface area contributed by atoms with Gasteiger partial charge in [0.2, 0.25) is 0 Å². The molecule has 0 unspecified atom stereocenters. The number of hydrogen-bond acceptors (Lipinski definition) is 4. The van der Waals surface area contributed by atoms with Crippen molar-refractivity contribution < 1.29 is 4.52 Å². The lowest BCUT2D eigenvalue weighted by molar-refractivity contribution is 0.356. The number of aromatic nitrogens is 2. The minimum atomic E-state index is 0.688. The summed E-state index contributed by atoms with van der Waals surface area (Å²) in [7, 11) is 2.10. The van der Waals surface area contributed by atoms with Crippen LogP contribution < -0.4 is 0 Å². The number of nitrogens with zero attached hydrogens (tertiary/aromatic N) is 3. The fourth-order valence-corrected chi connectivity index (χ4v) is 1.58. The molecule has 76 valence electrons. The van der Waals surface area contributed by atoms with E-state index in [1.54, 1.807) is 0 Å². The zero-order valence-electron chi connectivity index (χ0n) is 8.66. The predicted octanol–water partition coefficient (Wildman–Crippen LogP) is 1.35. The Morgan fingerprint density at radius 2 is 2.43 bits per heavy atom. The van der Waals surface area contributed by atoms with Crippen LogP contribution in [0.1, 0.15) is 25.1 Å². The zero-order valence-corrected chi connectivity index (χ0v) is 8.66. The van der Waals surface area contributed by atoms with Gasteiger partial charge in [-0.2, -0.15) is 4.98 Å². The van der Waals surface area contributed by atoms with E-state index in [-0.39, 0.29) is 0 Å². The van der Waals surface area contributed by atoms with Crippen LogP contribution >= 0.6 is 0 Å². The van der Waals surface area contributed by atoms with E-state index < -0.39 is 0 Å². The average molecular weight is 193 g/mol. The highest BCUT2D eigenvalue weighted by molar-refractivity contribution is 5.60. The summed E-state index contributed by atoms with van der Waals surface area (Å²) < 4.78 is 5.19. The van der Waals surface area contributed by atoms with Crippen LogP contribution in [0.2, 0.25) is 0 Å². The van der Waals surface area contributed by atoms with E-state index in [4.69, 9.17) is 4.52 Å². The van der Waals surface area contributed by atoms with Crippen LogP contribution in [0.5, 0.6) is 0 Å². The van der Waals surface area contributed by atoms with Gasteiger partial charge in [-0.1, -0.05) is 18.2 Å². The van der Waals surface area contributed by atoms with Gasteiger partial charge >= 0.3 is 0 Å². The van der Waals surface area contributed by atoms with Crippen LogP contribution in [-0.2, 0) is 6.42 Å². The standard InChI is InChI=1S/C10H15N3O/c1-3-9-11-10(14-12-9)8-5-4-6-13(2)7-8/h5H,3-4,6-7H2,1-2H3. The minimum absolute atomic E-state index is 0.688. The Balaban J connectivity index is 2.18. The Kier molecular flexibility index (Phi) is 2.63. The lowest BCUT2D eigenvalue weighted by Crippen LogP contribution is -2.25. The van der Waals surface area contributed by atoms with E-state index in [2.05, 4.69) is 28.2 Å². The van der Waals surface area contributed by atoms with Crippen molar-refractivity contribution in [3.8, 4) is 0 Å². The Morgan fingerprint density at radius 3 is 3.07 bits per heavy atom. The lowest BCUT2D eigenvalue weighted by Gasteiger charge is -2.20. The molecule has 0 spiro atoms. The van der Waals surface area contributed by atoms with Crippen molar-refractivity contribution in [3.05, 3.63) is 17.8 Å². The summed E-state index contributed by atoms with van der Waals surface area (Å²) in [5.41, 5.74) is 1.16. The molecule has 0 atom stereocenters. The van der Waals surface area contributed by atoms with Crippen LogP contribution in [-0.4, -0.2) is 35.2 Å². The molecule has 1 aromatic heterocycles. The van der Waals surface area contributed by atoms with Crippen LogP contribution in [0, 0.1) is 0 Å². The molecule has 0 bridgehead atoms. The van der Waals surface area contributed by atoms with E-state index >= 15 is 0 Å². The highest BCUT2D eigenvalue weighted by Gasteiger charge is 2.15. The quantitative estimate of drug-likeness (QED) is 0.711. The average Bonchev–Trinajstić information content (AvgIpc) is 2.66. The van der Waals surface area contributed by atoms with E-state index in [0.29, 0.717) is 5.89 Å². The maximum atomic E-state index is 5.19. The van der Waals surface area contributed by atoms with Crippen molar-refractivity contribution in [2.45, 2.75) is 19.8 Å². The molecule has 0 saturated heterocycles. The van der Waals surface area contributed by atoms with Crippen molar-refractivity contribution in [3.63, 3.8) is 0 Å². The van der Waals surface area contributed by atoms with Crippen molar-refractivity contribution >= 4 is 5.57 Å². The molecule has 0 radical (unpaired) electrons. The van der Waals surface area contributed by atoms with Gasteiger partial charge in [-0.25, -0.2) is 0 Å². The SMILES string of the molecule is CCc1noc(C2=CCCN(C)C2)n1. The Bertz CT molecular complexity index is 343. The molecule has 2 rings (SSSR count). The molecular formula is C10H15N3O.